The molecule has 7 heteroatoms. The first-order valence-electron chi connectivity index (χ1n) is 3.12. The highest BCUT2D eigenvalue weighted by Gasteiger charge is 2.11. The number of carbonyl (C=O) groups excluding carboxylic acids is 1. The van der Waals surface area contributed by atoms with Crippen molar-refractivity contribution in [1.82, 2.24) is 4.98 Å². The van der Waals surface area contributed by atoms with Crippen LogP contribution < -0.4 is 5.73 Å². The first-order chi connectivity index (χ1) is 5.91. The number of carbonyl (C=O) groups is 1. The lowest BCUT2D eigenvalue weighted by atomic mass is 10.3. The Morgan fingerprint density at radius 3 is 2.38 bits per heavy atom. The third kappa shape index (κ3) is 2.40. The molecule has 0 spiro atoms. The Labute approximate surface area is 78.9 Å². The van der Waals surface area contributed by atoms with Crippen LogP contribution in [0.1, 0.15) is 10.4 Å². The molecule has 13 heavy (non-hydrogen) atoms. The summed E-state index contributed by atoms with van der Waals surface area (Å²) in [4.78, 5) is 14.0. The van der Waals surface area contributed by atoms with Crippen molar-refractivity contribution in [3.8, 4) is 0 Å². The minimum atomic E-state index is -3.84. The second kappa shape index (κ2) is 3.31. The van der Waals surface area contributed by atoms with E-state index in [1.54, 1.807) is 0 Å². The Hall–Kier alpha value is -1.14. The van der Waals surface area contributed by atoms with Gasteiger partial charge in [-0.05, 0) is 12.1 Å². The third-order valence-corrected chi connectivity index (χ3v) is 2.49. The van der Waals surface area contributed by atoms with Gasteiger partial charge in [0.15, 0.2) is 5.03 Å². The Morgan fingerprint density at radius 1 is 1.46 bits per heavy atom. The second-order valence-electron chi connectivity index (χ2n) is 2.19. The average Bonchev–Trinajstić information content (AvgIpc) is 2.03. The maximum Gasteiger partial charge on any atom is 0.278 e. The van der Waals surface area contributed by atoms with E-state index in [4.69, 9.17) is 16.4 Å². The normalized spacial score (nSPS) is 11.2. The number of aromatic nitrogens is 1. The van der Waals surface area contributed by atoms with Gasteiger partial charge < -0.3 is 5.73 Å². The lowest BCUT2D eigenvalue weighted by molar-refractivity contribution is 0.1000. The molecule has 0 aliphatic rings. The van der Waals surface area contributed by atoms with E-state index in [0.29, 0.717) is 0 Å². The maximum absolute atomic E-state index is 10.7. The fourth-order valence-electron chi connectivity index (χ4n) is 0.670. The van der Waals surface area contributed by atoms with E-state index >= 15 is 0 Å². The van der Waals surface area contributed by atoms with E-state index in [1.807, 2.05) is 0 Å². The van der Waals surface area contributed by atoms with E-state index in [9.17, 15) is 13.2 Å². The van der Waals surface area contributed by atoms with E-state index in [2.05, 4.69) is 4.98 Å². The molecule has 0 radical (unpaired) electrons. The van der Waals surface area contributed by atoms with Gasteiger partial charge in [-0.1, -0.05) is 0 Å². The van der Waals surface area contributed by atoms with Crippen molar-refractivity contribution < 1.29 is 13.2 Å². The monoisotopic (exact) mass is 220 g/mol. The lowest BCUT2D eigenvalue weighted by Gasteiger charge is -1.96. The van der Waals surface area contributed by atoms with Gasteiger partial charge >= 0.3 is 0 Å². The fourth-order valence-corrected chi connectivity index (χ4v) is 1.35. The summed E-state index contributed by atoms with van der Waals surface area (Å²) in [6.45, 7) is 0. The topological polar surface area (TPSA) is 90.1 Å². The number of hydrogen-bond donors (Lipinski definition) is 1. The molecule has 5 nitrogen and oxygen atoms in total. The molecule has 0 saturated heterocycles. The van der Waals surface area contributed by atoms with E-state index < -0.39 is 15.0 Å². The van der Waals surface area contributed by atoms with Crippen LogP contribution in [0.4, 0.5) is 0 Å². The summed E-state index contributed by atoms with van der Waals surface area (Å²) in [5, 5.41) is -0.306. The van der Waals surface area contributed by atoms with Crippen molar-refractivity contribution in [3.05, 3.63) is 23.9 Å². The van der Waals surface area contributed by atoms with Crippen LogP contribution in [0.5, 0.6) is 0 Å². The SMILES string of the molecule is NC(=O)c1ccc(S(=O)(=O)Cl)nc1. The molecule has 1 rings (SSSR count). The molecule has 2 N–H and O–H groups in total. The minimum Gasteiger partial charge on any atom is -0.366 e. The minimum absolute atomic E-state index is 0.129. The highest BCUT2D eigenvalue weighted by atomic mass is 35.7. The van der Waals surface area contributed by atoms with Gasteiger partial charge in [-0.25, -0.2) is 13.4 Å². The molecule has 0 fully saturated rings. The van der Waals surface area contributed by atoms with E-state index in [-0.39, 0.29) is 10.6 Å². The Balaban J connectivity index is 3.16. The summed E-state index contributed by atoms with van der Waals surface area (Å²) < 4.78 is 21.4. The van der Waals surface area contributed by atoms with Gasteiger partial charge in [-0.2, -0.15) is 0 Å². The summed E-state index contributed by atoms with van der Waals surface area (Å²) in [7, 11) is 1.15. The van der Waals surface area contributed by atoms with Gasteiger partial charge in [0.2, 0.25) is 5.91 Å². The number of nitrogens with two attached hydrogens (primary N) is 1. The van der Waals surface area contributed by atoms with E-state index in [0.717, 1.165) is 12.3 Å². The zero-order valence-corrected chi connectivity index (χ0v) is 7.84. The van der Waals surface area contributed by atoms with E-state index in [1.165, 1.54) is 6.07 Å². The van der Waals surface area contributed by atoms with Crippen LogP contribution in [0.2, 0.25) is 0 Å². The highest BCUT2D eigenvalue weighted by molar-refractivity contribution is 8.13. The zero-order valence-electron chi connectivity index (χ0n) is 6.27. The zero-order chi connectivity index (χ0) is 10.1. The van der Waals surface area contributed by atoms with Crippen molar-refractivity contribution in [2.75, 3.05) is 0 Å². The van der Waals surface area contributed by atoms with Crippen LogP contribution in [0.15, 0.2) is 23.4 Å². The molecule has 0 atom stereocenters. The van der Waals surface area contributed by atoms with Crippen LogP contribution in [-0.2, 0) is 9.05 Å². The average molecular weight is 221 g/mol. The summed E-state index contributed by atoms with van der Waals surface area (Å²) in [6, 6.07) is 2.35. The Bertz CT molecular complexity index is 426. The van der Waals surface area contributed by atoms with Gasteiger partial charge in [-0.15, -0.1) is 0 Å². The number of pyridine rings is 1. The van der Waals surface area contributed by atoms with Crippen molar-refractivity contribution in [2.45, 2.75) is 5.03 Å². The Morgan fingerprint density at radius 2 is 2.08 bits per heavy atom. The molecular weight excluding hydrogens is 216 g/mol. The van der Waals surface area contributed by atoms with Crippen LogP contribution in [0.25, 0.3) is 0 Å². The van der Waals surface area contributed by atoms with Crippen LogP contribution in [0, 0.1) is 0 Å². The number of nitrogens with zero attached hydrogens (tertiary/aromatic N) is 1. The molecule has 0 bridgehead atoms. The summed E-state index contributed by atoms with van der Waals surface area (Å²) >= 11 is 0. The molecule has 0 aliphatic carbocycles. The lowest BCUT2D eigenvalue weighted by Crippen LogP contribution is -2.11. The molecule has 1 aromatic heterocycles. The number of rotatable bonds is 2. The first kappa shape index (κ1) is 9.94. The molecule has 1 amide bonds. The molecule has 0 aliphatic heterocycles. The number of primary amides is 1. The predicted octanol–water partition coefficient (Wildman–Crippen LogP) is 0.108. The van der Waals surface area contributed by atoms with Crippen molar-refractivity contribution in [3.63, 3.8) is 0 Å². The van der Waals surface area contributed by atoms with Crippen molar-refractivity contribution >= 4 is 25.6 Å². The summed E-state index contributed by atoms with van der Waals surface area (Å²) in [5.74, 6) is -0.675. The maximum atomic E-state index is 10.7. The number of amides is 1. The standard InChI is InChI=1S/C6H5ClN2O3S/c7-13(11,12)5-2-1-4(3-9-5)6(8)10/h1-3H,(H2,8,10). The predicted molar refractivity (Wildman–Crippen MR) is 45.8 cm³/mol. The molecule has 1 aromatic rings. The Kier molecular flexibility index (Phi) is 2.53. The molecule has 0 unspecified atom stereocenters. The van der Waals surface area contributed by atoms with Gasteiger partial charge in [0.05, 0.1) is 5.56 Å². The van der Waals surface area contributed by atoms with Gasteiger partial charge in [0.1, 0.15) is 0 Å². The molecule has 0 saturated carbocycles. The van der Waals surface area contributed by atoms with Crippen LogP contribution in [0.3, 0.4) is 0 Å². The number of hydrogen-bond acceptors (Lipinski definition) is 4. The first-order valence-corrected chi connectivity index (χ1v) is 5.43. The summed E-state index contributed by atoms with van der Waals surface area (Å²) in [5.41, 5.74) is 5.04. The fraction of sp³-hybridized carbons (Fsp3) is 0. The second-order valence-corrected chi connectivity index (χ2v) is 4.70. The molecule has 70 valence electrons. The van der Waals surface area contributed by atoms with Crippen LogP contribution in [-0.4, -0.2) is 19.3 Å². The van der Waals surface area contributed by atoms with Gasteiger partial charge in [0, 0.05) is 16.9 Å². The highest BCUT2D eigenvalue weighted by Crippen LogP contribution is 2.11. The molecule has 1 heterocycles. The third-order valence-electron chi connectivity index (χ3n) is 1.27. The summed E-state index contributed by atoms with van der Waals surface area (Å²) in [6.07, 6.45) is 1.05. The molecular formula is C6H5ClN2O3S. The smallest absolute Gasteiger partial charge is 0.278 e. The van der Waals surface area contributed by atoms with Crippen molar-refractivity contribution in [2.24, 2.45) is 5.73 Å². The molecule has 0 aromatic carbocycles. The van der Waals surface area contributed by atoms with Gasteiger partial charge in [-0.3, -0.25) is 4.79 Å². The van der Waals surface area contributed by atoms with Gasteiger partial charge in [0.25, 0.3) is 9.05 Å². The number of halogens is 1. The van der Waals surface area contributed by atoms with Crippen LogP contribution >= 0.6 is 10.7 Å². The quantitative estimate of drug-likeness (QED) is 0.717. The van der Waals surface area contributed by atoms with Crippen molar-refractivity contribution in [1.29, 1.82) is 0 Å². The largest absolute Gasteiger partial charge is 0.366 e.